The Kier molecular flexibility index (Phi) is 2.95. The molecule has 1 aliphatic rings. The van der Waals surface area contributed by atoms with Gasteiger partial charge < -0.3 is 9.73 Å². The Morgan fingerprint density at radius 1 is 1.18 bits per heavy atom. The van der Waals surface area contributed by atoms with Gasteiger partial charge in [0.15, 0.2) is 5.76 Å². The van der Waals surface area contributed by atoms with Gasteiger partial charge in [-0.15, -0.1) is 0 Å². The van der Waals surface area contributed by atoms with Gasteiger partial charge in [-0.25, -0.2) is 0 Å². The second-order valence-corrected chi connectivity index (χ2v) is 4.36. The number of amides is 3. The van der Waals surface area contributed by atoms with Gasteiger partial charge in [0.2, 0.25) is 0 Å². The largest absolute Gasteiger partial charge is 0.433 e. The van der Waals surface area contributed by atoms with Gasteiger partial charge in [0.05, 0.1) is 22.9 Å². The molecule has 0 saturated carbocycles. The maximum Gasteiger partial charge on any atom is 0.433 e. The molecule has 0 radical (unpaired) electrons. The number of hydrogen-bond acceptors (Lipinski definition) is 6. The van der Waals surface area contributed by atoms with Gasteiger partial charge in [-0.3, -0.25) is 29.8 Å². The van der Waals surface area contributed by atoms with Crippen LogP contribution in [0.5, 0.6) is 0 Å². The average Bonchev–Trinajstić information content (AvgIpc) is 3.06. The number of furan rings is 1. The van der Waals surface area contributed by atoms with E-state index in [1.165, 1.54) is 18.2 Å². The minimum absolute atomic E-state index is 0.0434. The lowest BCUT2D eigenvalue weighted by Gasteiger charge is -2.06. The van der Waals surface area contributed by atoms with Crippen molar-refractivity contribution in [1.82, 2.24) is 5.32 Å². The second-order valence-electron chi connectivity index (χ2n) is 4.36. The Bertz CT molecular complexity index is 838. The molecule has 3 amide bonds. The van der Waals surface area contributed by atoms with Crippen molar-refractivity contribution in [3.63, 3.8) is 0 Å². The Balaban J connectivity index is 1.91. The molecule has 1 aliphatic heterocycles. The number of benzene rings is 1. The molecule has 2 N–H and O–H groups in total. The van der Waals surface area contributed by atoms with Gasteiger partial charge in [0.25, 0.3) is 17.7 Å². The molecule has 1 aromatic heterocycles. The van der Waals surface area contributed by atoms with Crippen LogP contribution >= 0.6 is 0 Å². The summed E-state index contributed by atoms with van der Waals surface area (Å²) in [7, 11) is 0. The number of rotatable bonds is 3. The van der Waals surface area contributed by atoms with Crippen molar-refractivity contribution in [1.29, 1.82) is 0 Å². The van der Waals surface area contributed by atoms with E-state index >= 15 is 0 Å². The average molecular weight is 301 g/mol. The number of nitrogens with one attached hydrogen (secondary N) is 2. The van der Waals surface area contributed by atoms with Gasteiger partial charge >= 0.3 is 5.88 Å². The number of fused-ring (bicyclic) bond motifs is 1. The van der Waals surface area contributed by atoms with Gasteiger partial charge in [0.1, 0.15) is 4.92 Å². The number of carbonyl (C=O) groups excluding carboxylic acids is 3. The van der Waals surface area contributed by atoms with E-state index in [0.717, 1.165) is 12.1 Å². The molecule has 1 aromatic carbocycles. The number of imide groups is 1. The van der Waals surface area contributed by atoms with Crippen LogP contribution in [0.25, 0.3) is 0 Å². The van der Waals surface area contributed by atoms with Gasteiger partial charge in [-0.2, -0.15) is 0 Å². The quantitative estimate of drug-likeness (QED) is 0.499. The van der Waals surface area contributed by atoms with Crippen molar-refractivity contribution in [2.45, 2.75) is 0 Å². The third-order valence-corrected chi connectivity index (χ3v) is 3.01. The minimum atomic E-state index is -0.775. The first-order valence-electron chi connectivity index (χ1n) is 6.01. The van der Waals surface area contributed by atoms with Crippen LogP contribution < -0.4 is 10.6 Å². The van der Waals surface area contributed by atoms with Crippen molar-refractivity contribution >= 4 is 29.3 Å². The van der Waals surface area contributed by atoms with Crippen LogP contribution in [0.15, 0.2) is 34.7 Å². The van der Waals surface area contributed by atoms with Crippen LogP contribution in [0.1, 0.15) is 31.3 Å². The Labute approximate surface area is 122 Å². The lowest BCUT2D eigenvalue weighted by atomic mass is 10.1. The van der Waals surface area contributed by atoms with E-state index < -0.39 is 28.5 Å². The number of hydrogen-bond donors (Lipinski definition) is 2. The first-order chi connectivity index (χ1) is 10.5. The third-order valence-electron chi connectivity index (χ3n) is 3.01. The summed E-state index contributed by atoms with van der Waals surface area (Å²) in [5.74, 6) is -2.80. The Hall–Kier alpha value is -3.49. The SMILES string of the molecule is O=C(Nc1cccc2c1C(=O)NC2=O)c1ccc([N+](=O)[O-])o1. The van der Waals surface area contributed by atoms with Gasteiger partial charge in [0, 0.05) is 0 Å². The third kappa shape index (κ3) is 2.10. The number of nitrogens with zero attached hydrogens (tertiary/aromatic N) is 1. The normalized spacial score (nSPS) is 12.7. The maximum absolute atomic E-state index is 12.0. The smallest absolute Gasteiger partial charge is 0.395 e. The summed E-state index contributed by atoms with van der Waals surface area (Å²) < 4.78 is 4.77. The highest BCUT2D eigenvalue weighted by atomic mass is 16.6. The number of anilines is 1. The van der Waals surface area contributed by atoms with Gasteiger partial charge in [-0.05, 0) is 18.2 Å². The molecular weight excluding hydrogens is 294 g/mol. The van der Waals surface area contributed by atoms with Crippen molar-refractivity contribution in [2.24, 2.45) is 0 Å². The summed E-state index contributed by atoms with van der Waals surface area (Å²) in [5.41, 5.74) is 0.306. The van der Waals surface area contributed by atoms with E-state index in [1.807, 2.05) is 0 Å². The van der Waals surface area contributed by atoms with Crippen LogP contribution in [0.2, 0.25) is 0 Å². The Morgan fingerprint density at radius 3 is 2.64 bits per heavy atom. The van der Waals surface area contributed by atoms with E-state index in [4.69, 9.17) is 4.42 Å². The fraction of sp³-hybridized carbons (Fsp3) is 0. The van der Waals surface area contributed by atoms with Crippen LogP contribution in [0, 0.1) is 10.1 Å². The van der Waals surface area contributed by atoms with E-state index in [2.05, 4.69) is 10.6 Å². The second kappa shape index (κ2) is 4.81. The zero-order valence-electron chi connectivity index (χ0n) is 10.8. The molecule has 0 aliphatic carbocycles. The van der Waals surface area contributed by atoms with E-state index in [1.54, 1.807) is 0 Å². The number of nitro groups is 1. The maximum atomic E-state index is 12.0. The molecule has 0 fully saturated rings. The summed E-state index contributed by atoms with van der Waals surface area (Å²) in [6.07, 6.45) is 0. The fourth-order valence-electron chi connectivity index (χ4n) is 2.06. The predicted octanol–water partition coefficient (Wildman–Crippen LogP) is 1.32. The highest BCUT2D eigenvalue weighted by molar-refractivity contribution is 6.24. The first-order valence-corrected chi connectivity index (χ1v) is 6.01. The summed E-state index contributed by atoms with van der Waals surface area (Å²) in [4.78, 5) is 45.0. The zero-order chi connectivity index (χ0) is 15.9. The molecule has 2 heterocycles. The van der Waals surface area contributed by atoms with Crippen molar-refractivity contribution in [3.8, 4) is 0 Å². The van der Waals surface area contributed by atoms with E-state index in [0.29, 0.717) is 0 Å². The highest BCUT2D eigenvalue weighted by Gasteiger charge is 2.30. The summed E-state index contributed by atoms with van der Waals surface area (Å²) in [5, 5.41) is 15.0. The molecular formula is C13H7N3O6. The molecule has 0 atom stereocenters. The van der Waals surface area contributed by atoms with Crippen LogP contribution in [0.3, 0.4) is 0 Å². The van der Waals surface area contributed by atoms with Gasteiger partial charge in [-0.1, -0.05) is 6.07 Å². The molecule has 0 saturated heterocycles. The summed E-state index contributed by atoms with van der Waals surface area (Å²) in [6, 6.07) is 6.56. The summed E-state index contributed by atoms with van der Waals surface area (Å²) >= 11 is 0. The molecule has 3 rings (SSSR count). The molecule has 2 aromatic rings. The predicted molar refractivity (Wildman–Crippen MR) is 71.6 cm³/mol. The molecule has 110 valence electrons. The standard InChI is InChI=1S/C13H7N3O6/c17-11-6-2-1-3-7(10(6)13(19)15-11)14-12(18)8-4-5-9(22-8)16(20)21/h1-5H,(H,14,18)(H,15,17,19). The van der Waals surface area contributed by atoms with Crippen molar-refractivity contribution in [2.75, 3.05) is 5.32 Å². The fourth-order valence-corrected chi connectivity index (χ4v) is 2.06. The van der Waals surface area contributed by atoms with Crippen LogP contribution in [-0.2, 0) is 0 Å². The summed E-state index contributed by atoms with van der Waals surface area (Å²) in [6.45, 7) is 0. The Morgan fingerprint density at radius 2 is 1.95 bits per heavy atom. The van der Waals surface area contributed by atoms with E-state index in [9.17, 15) is 24.5 Å². The van der Waals surface area contributed by atoms with Crippen LogP contribution in [0.4, 0.5) is 11.6 Å². The minimum Gasteiger partial charge on any atom is -0.395 e. The topological polar surface area (TPSA) is 132 Å². The first kappa shape index (κ1) is 13.5. The van der Waals surface area contributed by atoms with Crippen LogP contribution in [-0.4, -0.2) is 22.6 Å². The molecule has 0 unspecified atom stereocenters. The number of carbonyl (C=O) groups is 3. The lowest BCUT2D eigenvalue weighted by molar-refractivity contribution is -0.402. The zero-order valence-corrected chi connectivity index (χ0v) is 10.8. The molecule has 0 bridgehead atoms. The lowest BCUT2D eigenvalue weighted by Crippen LogP contribution is -2.20. The van der Waals surface area contributed by atoms with Crippen molar-refractivity contribution in [3.05, 3.63) is 57.3 Å². The van der Waals surface area contributed by atoms with E-state index in [-0.39, 0.29) is 22.6 Å². The molecule has 22 heavy (non-hydrogen) atoms. The monoisotopic (exact) mass is 301 g/mol. The molecule has 9 heteroatoms. The molecule has 9 nitrogen and oxygen atoms in total. The van der Waals surface area contributed by atoms with Crippen molar-refractivity contribution < 1.29 is 23.7 Å². The highest BCUT2D eigenvalue weighted by Crippen LogP contribution is 2.25. The molecule has 0 spiro atoms.